The number of nitrogens with zero attached hydrogens (tertiary/aromatic N) is 4. The van der Waals surface area contributed by atoms with Gasteiger partial charge in [-0.15, -0.1) is 23.1 Å². The Bertz CT molecular complexity index is 1430. The van der Waals surface area contributed by atoms with Gasteiger partial charge in [0.25, 0.3) is 11.8 Å². The van der Waals surface area contributed by atoms with Crippen molar-refractivity contribution in [3.63, 3.8) is 0 Å². The number of hydrogen-bond donors (Lipinski definition) is 4. The number of aromatic hydroxyl groups is 1. The number of anilines is 1. The van der Waals surface area contributed by atoms with Gasteiger partial charge in [0.1, 0.15) is 30.8 Å². The van der Waals surface area contributed by atoms with E-state index in [4.69, 9.17) is 10.6 Å². The molecule has 208 valence electrons. The van der Waals surface area contributed by atoms with Crippen LogP contribution in [0.2, 0.25) is 0 Å². The van der Waals surface area contributed by atoms with E-state index in [2.05, 4.69) is 20.4 Å². The van der Waals surface area contributed by atoms with Crippen LogP contribution in [0.1, 0.15) is 11.4 Å². The molecule has 1 fully saturated rings. The first-order chi connectivity index (χ1) is 18.4. The molecule has 16 heteroatoms. The number of oxime groups is 1. The molecule has 0 bridgehead atoms. The third kappa shape index (κ3) is 5.91. The van der Waals surface area contributed by atoms with Crippen LogP contribution in [0.3, 0.4) is 0 Å². The van der Waals surface area contributed by atoms with Gasteiger partial charge in [-0.3, -0.25) is 19.3 Å². The predicted molar refractivity (Wildman–Crippen MR) is 141 cm³/mol. The number of fused-ring (bicyclic) bond motifs is 1. The lowest BCUT2D eigenvalue weighted by atomic mass is 10.0. The van der Waals surface area contributed by atoms with Crippen LogP contribution in [-0.4, -0.2) is 99.4 Å². The number of thiazole rings is 1. The minimum Gasteiger partial charge on any atom is -0.543 e. The van der Waals surface area contributed by atoms with Gasteiger partial charge < -0.3 is 40.4 Å². The van der Waals surface area contributed by atoms with Gasteiger partial charge in [0.2, 0.25) is 5.43 Å². The van der Waals surface area contributed by atoms with Gasteiger partial charge >= 0.3 is 0 Å². The third-order valence-electron chi connectivity index (χ3n) is 6.25. The van der Waals surface area contributed by atoms with Gasteiger partial charge in [-0.25, -0.2) is 4.98 Å². The van der Waals surface area contributed by atoms with Crippen LogP contribution in [-0.2, 0) is 25.6 Å². The second kappa shape index (κ2) is 11.1. The molecule has 0 spiro atoms. The number of hydrogen-bond acceptors (Lipinski definition) is 12. The van der Waals surface area contributed by atoms with Crippen LogP contribution in [0.15, 0.2) is 38.9 Å². The Hall–Kier alpha value is -3.89. The number of carboxylic acid groups (broad SMARTS) is 1. The van der Waals surface area contributed by atoms with Crippen molar-refractivity contribution in [2.24, 2.45) is 5.16 Å². The second-order valence-corrected chi connectivity index (χ2v) is 11.6. The number of aliphatic carboxylic acids is 1. The first-order valence-corrected chi connectivity index (χ1v) is 13.6. The minimum absolute atomic E-state index is 0.164. The SMILES string of the molecule is CO/N=C(\C(=O)N[C@@H]1C(=O)N2C(C(=O)[O-])=C(C[N+](C)(C)CCc3cc(=O)c(O)c[nH]3)CS[C@H]12)c1csc(N)n1. The van der Waals surface area contributed by atoms with Crippen LogP contribution in [0.25, 0.3) is 0 Å². The highest BCUT2D eigenvalue weighted by atomic mass is 32.2. The molecule has 4 heterocycles. The van der Waals surface area contributed by atoms with Crippen LogP contribution in [0.4, 0.5) is 5.13 Å². The summed E-state index contributed by atoms with van der Waals surface area (Å²) in [5.74, 6) is -2.83. The Balaban J connectivity index is 1.47. The zero-order valence-electron chi connectivity index (χ0n) is 21.3. The number of nitrogen functional groups attached to an aromatic ring is 1. The maximum Gasteiger partial charge on any atom is 0.276 e. The molecule has 2 aliphatic heterocycles. The summed E-state index contributed by atoms with van der Waals surface area (Å²) in [7, 11) is 5.06. The van der Waals surface area contributed by atoms with E-state index in [1.54, 1.807) is 0 Å². The van der Waals surface area contributed by atoms with Crippen molar-refractivity contribution in [2.75, 3.05) is 45.8 Å². The van der Waals surface area contributed by atoms with E-state index in [0.717, 1.165) is 16.2 Å². The summed E-state index contributed by atoms with van der Waals surface area (Å²) in [5, 5.41) is 29.0. The molecule has 2 aromatic rings. The molecule has 2 aliphatic rings. The molecule has 0 unspecified atom stereocenters. The van der Waals surface area contributed by atoms with Gasteiger partial charge in [-0.1, -0.05) is 5.16 Å². The summed E-state index contributed by atoms with van der Waals surface area (Å²) >= 11 is 2.44. The summed E-state index contributed by atoms with van der Waals surface area (Å²) in [6.45, 7) is 0.843. The molecule has 1 saturated heterocycles. The largest absolute Gasteiger partial charge is 0.543 e. The van der Waals surface area contributed by atoms with Crippen LogP contribution in [0, 0.1) is 0 Å². The number of thioether (sulfide) groups is 1. The average molecular weight is 578 g/mol. The molecule has 0 aliphatic carbocycles. The summed E-state index contributed by atoms with van der Waals surface area (Å²) in [6, 6.07) is 0.340. The monoisotopic (exact) mass is 577 g/mol. The fourth-order valence-corrected chi connectivity index (χ4v) is 6.25. The van der Waals surface area contributed by atoms with E-state index >= 15 is 0 Å². The molecule has 5 N–H and O–H groups in total. The topological polar surface area (TPSA) is 203 Å². The maximum absolute atomic E-state index is 13.1. The van der Waals surface area contributed by atoms with E-state index < -0.39 is 34.6 Å². The molecule has 39 heavy (non-hydrogen) atoms. The molecule has 14 nitrogen and oxygen atoms in total. The third-order valence-corrected chi connectivity index (χ3v) is 8.26. The van der Waals surface area contributed by atoms with Gasteiger partial charge in [-0.05, 0) is 0 Å². The molecule has 2 amide bonds. The maximum atomic E-state index is 13.1. The fraction of sp³-hybridized carbons (Fsp3) is 0.391. The molecular weight excluding hydrogens is 550 g/mol. The van der Waals surface area contributed by atoms with Crippen molar-refractivity contribution in [3.05, 3.63) is 50.5 Å². The minimum atomic E-state index is -1.48. The number of aromatic amines is 1. The van der Waals surface area contributed by atoms with E-state index in [1.807, 2.05) is 14.1 Å². The number of carbonyl (C=O) groups is 3. The lowest BCUT2D eigenvalue weighted by Gasteiger charge is -2.51. The quantitative estimate of drug-likeness (QED) is 0.108. The lowest BCUT2D eigenvalue weighted by molar-refractivity contribution is -0.885. The molecule has 2 aromatic heterocycles. The van der Waals surface area contributed by atoms with Gasteiger partial charge in [-0.2, -0.15) is 0 Å². The Labute approximate surface area is 230 Å². The van der Waals surface area contributed by atoms with Crippen molar-refractivity contribution in [1.82, 2.24) is 20.2 Å². The standard InChI is InChI=1S/C23H27N7O7S2/c1-30(2,5-4-12-6-14(31)15(32)7-25-12)8-11-9-38-21-17(20(34)29(21)18(11)22(35)36)27-19(33)16(28-37-3)13-10-39-23(24)26-13/h6-7,10,17,21H,4-5,8-9H2,1-3H3,(H5-,24,25,26,27,28,31,32,33,35,36)/t17-,21-/m1/s1. The van der Waals surface area contributed by atoms with Gasteiger partial charge in [0, 0.05) is 41.1 Å². The number of amides is 2. The van der Waals surface area contributed by atoms with E-state index in [0.29, 0.717) is 41.0 Å². The Morgan fingerprint density at radius 2 is 2.15 bits per heavy atom. The number of carbonyl (C=O) groups excluding carboxylic acids is 3. The first-order valence-electron chi connectivity index (χ1n) is 11.7. The first kappa shape index (κ1) is 28.1. The number of β-lactam (4-membered cyclic amide) rings is 1. The number of aromatic nitrogens is 2. The van der Waals surface area contributed by atoms with Gasteiger partial charge in [0.15, 0.2) is 16.6 Å². The highest BCUT2D eigenvalue weighted by Gasteiger charge is 2.53. The van der Waals surface area contributed by atoms with Crippen molar-refractivity contribution < 1.29 is 33.9 Å². The average Bonchev–Trinajstić information content (AvgIpc) is 3.31. The number of carboxylic acids is 1. The number of nitrogens with two attached hydrogens (primary N) is 1. The zero-order valence-corrected chi connectivity index (χ0v) is 22.9. The highest BCUT2D eigenvalue weighted by molar-refractivity contribution is 8.00. The highest BCUT2D eigenvalue weighted by Crippen LogP contribution is 2.40. The number of rotatable bonds is 10. The Morgan fingerprint density at radius 1 is 1.41 bits per heavy atom. The molecule has 0 radical (unpaired) electrons. The molecule has 0 saturated carbocycles. The van der Waals surface area contributed by atoms with Crippen molar-refractivity contribution in [3.8, 4) is 5.75 Å². The molecule has 2 atom stereocenters. The van der Waals surface area contributed by atoms with E-state index in [9.17, 15) is 29.4 Å². The number of likely N-dealkylation sites (N-methyl/N-ethyl adjacent to an activating group) is 1. The summed E-state index contributed by atoms with van der Waals surface area (Å²) < 4.78 is 0.357. The zero-order chi connectivity index (χ0) is 28.5. The van der Waals surface area contributed by atoms with Crippen LogP contribution >= 0.6 is 23.1 Å². The predicted octanol–water partition coefficient (Wildman–Crippen LogP) is -1.81. The number of pyridine rings is 1. The number of quaternary nitrogens is 1. The summed E-state index contributed by atoms with van der Waals surface area (Å²) in [4.78, 5) is 62.6. The Morgan fingerprint density at radius 3 is 2.77 bits per heavy atom. The molecule has 4 rings (SSSR count). The lowest BCUT2D eigenvalue weighted by Crippen LogP contribution is -2.71. The normalized spacial score (nSPS) is 19.4. The summed E-state index contributed by atoms with van der Waals surface area (Å²) in [5.41, 5.74) is 6.14. The number of nitrogens with one attached hydrogen (secondary N) is 2. The molecule has 0 aromatic carbocycles. The Kier molecular flexibility index (Phi) is 7.99. The van der Waals surface area contributed by atoms with Gasteiger partial charge in [0.05, 0.1) is 32.3 Å². The van der Waals surface area contributed by atoms with Crippen LogP contribution in [0.5, 0.6) is 5.75 Å². The second-order valence-electron chi connectivity index (χ2n) is 9.57. The summed E-state index contributed by atoms with van der Waals surface area (Å²) in [6.07, 6.45) is 1.70. The van der Waals surface area contributed by atoms with E-state index in [1.165, 1.54) is 36.5 Å². The molecular formula is C23H27N7O7S2. The van der Waals surface area contributed by atoms with E-state index in [-0.39, 0.29) is 28.0 Å². The van der Waals surface area contributed by atoms with Crippen LogP contribution < -0.4 is 21.6 Å². The van der Waals surface area contributed by atoms with Crippen molar-refractivity contribution in [1.29, 1.82) is 0 Å². The van der Waals surface area contributed by atoms with Crippen molar-refractivity contribution >= 4 is 51.7 Å². The van der Waals surface area contributed by atoms with Crippen molar-refractivity contribution in [2.45, 2.75) is 17.8 Å². The fourth-order valence-electron chi connectivity index (χ4n) is 4.36. The smallest absolute Gasteiger partial charge is 0.276 e. The number of H-pyrrole nitrogens is 1.